The van der Waals surface area contributed by atoms with E-state index in [0.717, 1.165) is 36.6 Å². The van der Waals surface area contributed by atoms with Crippen LogP contribution in [0.4, 0.5) is 8.78 Å². The lowest BCUT2D eigenvalue weighted by atomic mass is 9.87. The summed E-state index contributed by atoms with van der Waals surface area (Å²) < 4.78 is 27.8. The van der Waals surface area contributed by atoms with Crippen LogP contribution in [0.25, 0.3) is 0 Å². The third-order valence-electron chi connectivity index (χ3n) is 6.82. The van der Waals surface area contributed by atoms with Crippen LogP contribution in [0.3, 0.4) is 0 Å². The average Bonchev–Trinajstić information content (AvgIpc) is 2.86. The van der Waals surface area contributed by atoms with Gasteiger partial charge in [-0.05, 0) is 73.1 Å². The molecule has 0 saturated heterocycles. The maximum absolute atomic E-state index is 13.9. The first-order chi connectivity index (χ1) is 18.8. The van der Waals surface area contributed by atoms with E-state index in [1.54, 1.807) is 24.0 Å². The summed E-state index contributed by atoms with van der Waals surface area (Å²) in [5, 5.41) is 26.8. The Kier molecular flexibility index (Phi) is 12.7. The summed E-state index contributed by atoms with van der Waals surface area (Å²) in [6.07, 6.45) is 0.431. The van der Waals surface area contributed by atoms with Gasteiger partial charge in [0.25, 0.3) is 11.8 Å². The zero-order valence-electron chi connectivity index (χ0n) is 24.6. The van der Waals surface area contributed by atoms with E-state index < -0.39 is 29.7 Å². The topological polar surface area (TPSA) is 102 Å². The normalized spacial score (nSPS) is 13.9. The first-order valence-electron chi connectivity index (χ1n) is 14.0. The number of benzene rings is 2. The molecule has 0 bridgehead atoms. The van der Waals surface area contributed by atoms with E-state index in [2.05, 4.69) is 10.6 Å². The summed E-state index contributed by atoms with van der Waals surface area (Å²) in [5.41, 5.74) is 1.34. The fraction of sp³-hybridized carbons (Fsp3) is 0.548. The van der Waals surface area contributed by atoms with E-state index in [0.29, 0.717) is 18.7 Å². The molecule has 2 aromatic carbocycles. The Hall–Kier alpha value is -2.88. The molecule has 0 aliphatic rings. The molecule has 0 aromatic heterocycles. The van der Waals surface area contributed by atoms with Crippen LogP contribution in [-0.2, 0) is 6.42 Å². The second-order valence-corrected chi connectivity index (χ2v) is 11.5. The van der Waals surface area contributed by atoms with Gasteiger partial charge in [-0.1, -0.05) is 34.6 Å². The number of carbonyl (C=O) groups is 2. The lowest BCUT2D eigenvalue weighted by Crippen LogP contribution is -2.52. The molecular formula is C31H45F2N3O4. The largest absolute Gasteiger partial charge is 0.395 e. The number of aliphatic hydroxyl groups is 2. The predicted octanol–water partition coefficient (Wildman–Crippen LogP) is 4.23. The van der Waals surface area contributed by atoms with Crippen molar-refractivity contribution >= 4 is 11.8 Å². The van der Waals surface area contributed by atoms with Crippen molar-refractivity contribution in [2.75, 3.05) is 26.2 Å². The number of aryl methyl sites for hydroxylation is 1. The van der Waals surface area contributed by atoms with Crippen molar-refractivity contribution in [3.63, 3.8) is 0 Å². The number of halogens is 2. The molecule has 2 rings (SSSR count). The molecule has 7 nitrogen and oxygen atoms in total. The van der Waals surface area contributed by atoms with Crippen LogP contribution in [0.1, 0.15) is 79.3 Å². The maximum atomic E-state index is 13.9. The molecule has 0 aliphatic carbocycles. The Labute approximate surface area is 237 Å². The number of nitrogens with one attached hydrogen (secondary N) is 2. The molecule has 2 amide bonds. The Bertz CT molecular complexity index is 1110. The van der Waals surface area contributed by atoms with Crippen molar-refractivity contribution in [2.24, 2.45) is 5.41 Å². The highest BCUT2D eigenvalue weighted by atomic mass is 19.1. The molecule has 4 N–H and O–H groups in total. The lowest BCUT2D eigenvalue weighted by molar-refractivity contribution is 0.0754. The van der Waals surface area contributed by atoms with E-state index in [1.165, 1.54) is 6.07 Å². The Morgan fingerprint density at radius 2 is 1.52 bits per heavy atom. The third-order valence-corrected chi connectivity index (χ3v) is 6.82. The van der Waals surface area contributed by atoms with E-state index in [4.69, 9.17) is 0 Å². The summed E-state index contributed by atoms with van der Waals surface area (Å²) >= 11 is 0. The fourth-order valence-corrected chi connectivity index (χ4v) is 4.64. The van der Waals surface area contributed by atoms with Crippen LogP contribution < -0.4 is 10.6 Å². The highest BCUT2D eigenvalue weighted by molar-refractivity contribution is 6.00. The predicted molar refractivity (Wildman–Crippen MR) is 153 cm³/mol. The van der Waals surface area contributed by atoms with Crippen LogP contribution in [0.15, 0.2) is 36.4 Å². The van der Waals surface area contributed by atoms with Crippen molar-refractivity contribution in [3.05, 3.63) is 70.3 Å². The number of aliphatic hydroxyl groups excluding tert-OH is 2. The molecule has 0 saturated carbocycles. The van der Waals surface area contributed by atoms with Crippen LogP contribution in [0.2, 0.25) is 0 Å². The van der Waals surface area contributed by atoms with Gasteiger partial charge in [0.1, 0.15) is 11.6 Å². The Morgan fingerprint density at radius 3 is 2.05 bits per heavy atom. The van der Waals surface area contributed by atoms with Crippen molar-refractivity contribution in [1.82, 2.24) is 15.5 Å². The minimum atomic E-state index is -1.15. The van der Waals surface area contributed by atoms with Crippen LogP contribution in [-0.4, -0.2) is 71.4 Å². The summed E-state index contributed by atoms with van der Waals surface area (Å²) in [5.74, 6) is -2.20. The van der Waals surface area contributed by atoms with E-state index in [9.17, 15) is 28.6 Å². The molecule has 9 heteroatoms. The number of amides is 2. The maximum Gasteiger partial charge on any atom is 0.253 e. The van der Waals surface area contributed by atoms with Gasteiger partial charge in [-0.25, -0.2) is 8.78 Å². The zero-order chi connectivity index (χ0) is 30.0. The van der Waals surface area contributed by atoms with Crippen LogP contribution in [0, 0.1) is 24.0 Å². The van der Waals surface area contributed by atoms with Gasteiger partial charge in [0.05, 0.1) is 18.8 Å². The summed E-state index contributed by atoms with van der Waals surface area (Å²) in [6.45, 7) is 12.7. The molecule has 2 aromatic rings. The zero-order valence-corrected chi connectivity index (χ0v) is 24.6. The highest BCUT2D eigenvalue weighted by Crippen LogP contribution is 2.20. The first-order valence-corrected chi connectivity index (χ1v) is 14.0. The molecule has 222 valence electrons. The van der Waals surface area contributed by atoms with Crippen molar-refractivity contribution in [1.29, 1.82) is 0 Å². The van der Waals surface area contributed by atoms with Crippen molar-refractivity contribution < 1.29 is 28.6 Å². The summed E-state index contributed by atoms with van der Waals surface area (Å²) in [7, 11) is 0. The van der Waals surface area contributed by atoms with Crippen molar-refractivity contribution in [3.8, 4) is 0 Å². The van der Waals surface area contributed by atoms with Gasteiger partial charge in [0.15, 0.2) is 0 Å². The molecule has 0 radical (unpaired) electrons. The third kappa shape index (κ3) is 9.94. The SMILES string of the molecule is CCCN(CCC)C(=O)c1cc(C)cc(C(=O)N[C@@H](Cc2cc(F)cc(F)c2)[C@H](O)CN[C@H](CO)C(C)(C)C)c1. The smallest absolute Gasteiger partial charge is 0.253 e. The molecule has 0 fully saturated rings. The first kappa shape index (κ1) is 33.3. The molecule has 0 unspecified atom stereocenters. The molecule has 0 heterocycles. The number of nitrogens with zero attached hydrogens (tertiary/aromatic N) is 1. The van der Waals surface area contributed by atoms with Gasteiger partial charge in [-0.3, -0.25) is 9.59 Å². The standard InChI is InChI=1S/C31H45F2N3O4/c1-7-9-36(10-8-2)30(40)23-12-20(3)11-22(16-23)29(39)35-26(15-21-13-24(32)17-25(33)14-21)27(38)18-34-28(19-37)31(4,5)6/h11-14,16-17,26-28,34,37-38H,7-10,15,18-19H2,1-6H3,(H,35,39)/t26-,27+,28+/m0/s1. The van der Waals surface area contributed by atoms with Gasteiger partial charge in [-0.2, -0.15) is 0 Å². The second kappa shape index (κ2) is 15.2. The lowest BCUT2D eigenvalue weighted by Gasteiger charge is -2.32. The molecular weight excluding hydrogens is 516 g/mol. The van der Waals surface area contributed by atoms with Gasteiger partial charge >= 0.3 is 0 Å². The number of rotatable bonds is 14. The van der Waals surface area contributed by atoms with E-state index >= 15 is 0 Å². The number of hydrogen-bond acceptors (Lipinski definition) is 5. The second-order valence-electron chi connectivity index (χ2n) is 11.5. The molecule has 40 heavy (non-hydrogen) atoms. The minimum absolute atomic E-state index is 0.0196. The highest BCUT2D eigenvalue weighted by Gasteiger charge is 2.28. The summed E-state index contributed by atoms with van der Waals surface area (Å²) in [4.78, 5) is 28.4. The quantitative estimate of drug-likeness (QED) is 0.277. The average molecular weight is 562 g/mol. The number of hydrogen-bond donors (Lipinski definition) is 4. The van der Waals surface area contributed by atoms with Gasteiger partial charge in [0.2, 0.25) is 0 Å². The Morgan fingerprint density at radius 1 is 0.950 bits per heavy atom. The monoisotopic (exact) mass is 561 g/mol. The van der Waals surface area contributed by atoms with Crippen LogP contribution in [0.5, 0.6) is 0 Å². The van der Waals surface area contributed by atoms with E-state index in [-0.39, 0.29) is 48.1 Å². The van der Waals surface area contributed by atoms with Crippen molar-refractivity contribution in [2.45, 2.75) is 79.0 Å². The van der Waals surface area contributed by atoms with Crippen LogP contribution >= 0.6 is 0 Å². The van der Waals surface area contributed by atoms with Gasteiger partial charge < -0.3 is 25.7 Å². The number of carbonyl (C=O) groups excluding carboxylic acids is 2. The Balaban J connectivity index is 2.34. The van der Waals surface area contributed by atoms with Gasteiger partial charge in [0, 0.05) is 42.9 Å². The molecule has 0 spiro atoms. The molecule has 3 atom stereocenters. The fourth-order valence-electron chi connectivity index (χ4n) is 4.64. The van der Waals surface area contributed by atoms with Gasteiger partial charge in [-0.15, -0.1) is 0 Å². The van der Waals surface area contributed by atoms with E-state index in [1.807, 2.05) is 34.6 Å². The molecule has 0 aliphatic heterocycles. The minimum Gasteiger partial charge on any atom is -0.395 e. The summed E-state index contributed by atoms with van der Waals surface area (Å²) in [6, 6.07) is 6.76.